The molecular formula is C15H14N2S2. The lowest BCUT2D eigenvalue weighted by molar-refractivity contribution is 1.54. The van der Waals surface area contributed by atoms with Crippen molar-refractivity contribution in [3.63, 3.8) is 0 Å². The monoisotopic (exact) mass is 286 g/mol. The van der Waals surface area contributed by atoms with E-state index in [1.165, 1.54) is 0 Å². The van der Waals surface area contributed by atoms with E-state index in [2.05, 4.69) is 10.6 Å². The molecule has 2 nitrogen and oxygen atoms in total. The Balaban J connectivity index is 1.84. The highest BCUT2D eigenvalue weighted by atomic mass is 32.1. The molecule has 0 heterocycles. The third kappa shape index (κ3) is 4.77. The highest BCUT2D eigenvalue weighted by molar-refractivity contribution is 7.82. The molecule has 4 heteroatoms. The largest absolute Gasteiger partial charge is 0.350 e. The average molecular weight is 286 g/mol. The van der Waals surface area contributed by atoms with E-state index in [4.69, 9.17) is 24.4 Å². The lowest BCUT2D eigenvalue weighted by atomic mass is 10.3. The molecule has 0 bridgehead atoms. The topological polar surface area (TPSA) is 24.1 Å². The van der Waals surface area contributed by atoms with Crippen LogP contribution in [0, 0.1) is 0 Å². The minimum absolute atomic E-state index is 0.536. The fourth-order valence-corrected chi connectivity index (χ4v) is 2.21. The number of rotatable bonds is 4. The van der Waals surface area contributed by atoms with Crippen molar-refractivity contribution in [1.29, 1.82) is 0 Å². The smallest absolute Gasteiger partial charge is 0.0865 e. The van der Waals surface area contributed by atoms with Crippen LogP contribution >= 0.6 is 24.4 Å². The number of nitrogens with one attached hydrogen (secondary N) is 2. The standard InChI is InChI=1S/C15H14N2S2/c18-14(16-12-7-3-1-4-8-12)11-15(19)17-13-9-5-2-6-10-13/h1-10H,11H2,(H,16,18)(H,17,19). The van der Waals surface area contributed by atoms with Crippen LogP contribution in [0.15, 0.2) is 60.7 Å². The second kappa shape index (κ2) is 6.97. The Labute approximate surface area is 123 Å². The van der Waals surface area contributed by atoms with Crippen molar-refractivity contribution in [1.82, 2.24) is 0 Å². The molecule has 0 aromatic heterocycles. The van der Waals surface area contributed by atoms with Gasteiger partial charge in [0.15, 0.2) is 0 Å². The summed E-state index contributed by atoms with van der Waals surface area (Å²) in [6.07, 6.45) is 0.536. The van der Waals surface area contributed by atoms with Crippen molar-refractivity contribution in [2.45, 2.75) is 6.42 Å². The second-order valence-electron chi connectivity index (χ2n) is 4.01. The molecule has 0 aliphatic rings. The van der Waals surface area contributed by atoms with E-state index in [0.29, 0.717) is 16.4 Å². The molecule has 0 saturated heterocycles. The first-order valence-corrected chi connectivity index (χ1v) is 6.75. The first-order valence-electron chi connectivity index (χ1n) is 5.94. The molecule has 19 heavy (non-hydrogen) atoms. The number of hydrogen-bond donors (Lipinski definition) is 2. The van der Waals surface area contributed by atoms with Crippen LogP contribution in [0.4, 0.5) is 11.4 Å². The van der Waals surface area contributed by atoms with Gasteiger partial charge in [-0.3, -0.25) is 0 Å². The Bertz CT molecular complexity index is 501. The number of para-hydroxylation sites is 2. The first-order chi connectivity index (χ1) is 9.24. The van der Waals surface area contributed by atoms with Gasteiger partial charge in [0.2, 0.25) is 0 Å². The van der Waals surface area contributed by atoms with Crippen LogP contribution in [0.5, 0.6) is 0 Å². The number of anilines is 2. The fraction of sp³-hybridized carbons (Fsp3) is 0.0667. The summed E-state index contributed by atoms with van der Waals surface area (Å²) >= 11 is 10.6. The molecule has 2 N–H and O–H groups in total. The molecule has 0 unspecified atom stereocenters. The molecule has 2 aromatic rings. The van der Waals surface area contributed by atoms with E-state index >= 15 is 0 Å². The average Bonchev–Trinajstić information content (AvgIpc) is 2.40. The van der Waals surface area contributed by atoms with Crippen LogP contribution in [0.2, 0.25) is 0 Å². The molecule has 0 aliphatic heterocycles. The van der Waals surface area contributed by atoms with Crippen LogP contribution < -0.4 is 10.6 Å². The molecule has 96 valence electrons. The normalized spacial score (nSPS) is 9.68. The molecule has 2 rings (SSSR count). The van der Waals surface area contributed by atoms with Gasteiger partial charge in [0, 0.05) is 17.8 Å². The number of thiocarbonyl (C=S) groups is 2. The summed E-state index contributed by atoms with van der Waals surface area (Å²) in [7, 11) is 0. The van der Waals surface area contributed by atoms with Gasteiger partial charge < -0.3 is 10.6 Å². The second-order valence-corrected chi connectivity index (χ2v) is 4.99. The van der Waals surface area contributed by atoms with E-state index in [0.717, 1.165) is 11.4 Å². The van der Waals surface area contributed by atoms with Gasteiger partial charge in [-0.05, 0) is 24.3 Å². The van der Waals surface area contributed by atoms with Crippen LogP contribution in [0.3, 0.4) is 0 Å². The maximum Gasteiger partial charge on any atom is 0.0865 e. The highest BCUT2D eigenvalue weighted by Crippen LogP contribution is 2.09. The van der Waals surface area contributed by atoms with Crippen molar-refractivity contribution >= 4 is 45.8 Å². The predicted molar refractivity (Wildman–Crippen MR) is 89.9 cm³/mol. The summed E-state index contributed by atoms with van der Waals surface area (Å²) in [5.74, 6) is 0. The van der Waals surface area contributed by atoms with E-state index in [-0.39, 0.29) is 0 Å². The molecule has 0 amide bonds. The zero-order valence-corrected chi connectivity index (χ0v) is 11.9. The van der Waals surface area contributed by atoms with Gasteiger partial charge in [0.1, 0.15) is 0 Å². The summed E-state index contributed by atoms with van der Waals surface area (Å²) in [6, 6.07) is 19.7. The predicted octanol–water partition coefficient (Wildman–Crippen LogP) is 4.26. The molecule has 0 saturated carbocycles. The summed E-state index contributed by atoms with van der Waals surface area (Å²) in [6.45, 7) is 0. The SMILES string of the molecule is S=C(CC(=S)Nc1ccccc1)Nc1ccccc1. The van der Waals surface area contributed by atoms with E-state index in [1.807, 2.05) is 60.7 Å². The summed E-state index contributed by atoms with van der Waals surface area (Å²) in [4.78, 5) is 1.42. The van der Waals surface area contributed by atoms with Crippen LogP contribution in [0.1, 0.15) is 6.42 Å². The van der Waals surface area contributed by atoms with Gasteiger partial charge in [-0.2, -0.15) is 0 Å². The fourth-order valence-electron chi connectivity index (χ4n) is 1.60. The molecule has 0 radical (unpaired) electrons. The molecule has 0 aliphatic carbocycles. The Morgan fingerprint density at radius 1 is 0.684 bits per heavy atom. The maximum absolute atomic E-state index is 5.29. The van der Waals surface area contributed by atoms with Gasteiger partial charge in [0.05, 0.1) is 9.98 Å². The summed E-state index contributed by atoms with van der Waals surface area (Å²) in [5, 5.41) is 6.33. The van der Waals surface area contributed by atoms with Crippen molar-refractivity contribution in [3.05, 3.63) is 60.7 Å². The first kappa shape index (κ1) is 13.6. The van der Waals surface area contributed by atoms with Crippen molar-refractivity contribution in [3.8, 4) is 0 Å². The molecule has 2 aromatic carbocycles. The Hall–Kier alpha value is -1.78. The minimum Gasteiger partial charge on any atom is -0.350 e. The van der Waals surface area contributed by atoms with E-state index in [1.54, 1.807) is 0 Å². The third-order valence-electron chi connectivity index (χ3n) is 2.44. The van der Waals surface area contributed by atoms with Gasteiger partial charge in [-0.1, -0.05) is 60.8 Å². The highest BCUT2D eigenvalue weighted by Gasteiger charge is 2.03. The Kier molecular flexibility index (Phi) is 5.01. The zero-order chi connectivity index (χ0) is 13.5. The molecule has 0 atom stereocenters. The van der Waals surface area contributed by atoms with Gasteiger partial charge in [0.25, 0.3) is 0 Å². The van der Waals surface area contributed by atoms with Crippen molar-refractivity contribution < 1.29 is 0 Å². The van der Waals surface area contributed by atoms with E-state index in [9.17, 15) is 0 Å². The quantitative estimate of drug-likeness (QED) is 0.820. The summed E-state index contributed by atoms with van der Waals surface area (Å²) in [5.41, 5.74) is 1.96. The molecule has 0 spiro atoms. The summed E-state index contributed by atoms with van der Waals surface area (Å²) < 4.78 is 0. The lowest BCUT2D eigenvalue weighted by Crippen LogP contribution is -2.18. The third-order valence-corrected chi connectivity index (χ3v) is 2.93. The van der Waals surface area contributed by atoms with Crippen LogP contribution in [-0.2, 0) is 0 Å². The molecular weight excluding hydrogens is 272 g/mol. The molecule has 0 fully saturated rings. The van der Waals surface area contributed by atoms with Crippen molar-refractivity contribution in [2.75, 3.05) is 10.6 Å². The maximum atomic E-state index is 5.29. The van der Waals surface area contributed by atoms with Crippen LogP contribution in [0.25, 0.3) is 0 Å². The lowest BCUT2D eigenvalue weighted by Gasteiger charge is -2.10. The van der Waals surface area contributed by atoms with E-state index < -0.39 is 0 Å². The van der Waals surface area contributed by atoms with Crippen LogP contribution in [-0.4, -0.2) is 9.98 Å². The number of hydrogen-bond acceptors (Lipinski definition) is 2. The minimum atomic E-state index is 0.536. The van der Waals surface area contributed by atoms with Gasteiger partial charge in [-0.25, -0.2) is 0 Å². The number of benzene rings is 2. The van der Waals surface area contributed by atoms with Gasteiger partial charge >= 0.3 is 0 Å². The van der Waals surface area contributed by atoms with Gasteiger partial charge in [-0.15, -0.1) is 0 Å². The zero-order valence-electron chi connectivity index (χ0n) is 10.3. The Morgan fingerprint density at radius 3 is 1.42 bits per heavy atom. The van der Waals surface area contributed by atoms with Crippen molar-refractivity contribution in [2.24, 2.45) is 0 Å². The Morgan fingerprint density at radius 2 is 1.05 bits per heavy atom.